The number of ether oxygens (including phenoxy) is 4. The monoisotopic (exact) mass is 532 g/mol. The van der Waals surface area contributed by atoms with E-state index in [9.17, 15) is 9.59 Å². The van der Waals surface area contributed by atoms with Crippen LogP contribution in [0, 0.1) is 0 Å². The molecule has 0 unspecified atom stereocenters. The van der Waals surface area contributed by atoms with Crippen LogP contribution in [0.3, 0.4) is 0 Å². The van der Waals surface area contributed by atoms with Gasteiger partial charge in [0.05, 0.1) is 32.5 Å². The molecular weight excluding hydrogens is 504 g/mol. The summed E-state index contributed by atoms with van der Waals surface area (Å²) in [5.41, 5.74) is 4.79. The highest BCUT2D eigenvalue weighted by molar-refractivity contribution is 6.08. The molecule has 0 aliphatic carbocycles. The van der Waals surface area contributed by atoms with Gasteiger partial charge in [0, 0.05) is 5.56 Å². The van der Waals surface area contributed by atoms with Crippen LogP contribution in [0.15, 0.2) is 103 Å². The van der Waals surface area contributed by atoms with Crippen LogP contribution < -0.4 is 9.47 Å². The minimum atomic E-state index is -0.541. The molecule has 0 aromatic heterocycles. The molecule has 200 valence electrons. The van der Waals surface area contributed by atoms with Crippen molar-refractivity contribution in [1.82, 2.24) is 0 Å². The molecule has 5 aromatic rings. The zero-order valence-corrected chi connectivity index (χ0v) is 22.5. The van der Waals surface area contributed by atoms with Gasteiger partial charge in [0.15, 0.2) is 11.5 Å². The molecule has 0 spiro atoms. The number of hydrogen-bond donors (Lipinski definition) is 0. The largest absolute Gasteiger partial charge is 0.493 e. The van der Waals surface area contributed by atoms with Crippen LogP contribution in [0.4, 0.5) is 0 Å². The minimum absolute atomic E-state index is 0.152. The van der Waals surface area contributed by atoms with Gasteiger partial charge in [-0.1, -0.05) is 72.8 Å². The number of esters is 2. The molecule has 0 bridgehead atoms. The number of carbonyl (C=O) groups is 2. The molecule has 0 heterocycles. The van der Waals surface area contributed by atoms with E-state index < -0.39 is 11.9 Å². The van der Waals surface area contributed by atoms with Gasteiger partial charge in [-0.15, -0.1) is 0 Å². The van der Waals surface area contributed by atoms with Gasteiger partial charge < -0.3 is 18.9 Å². The first-order chi connectivity index (χ1) is 19.5. The predicted octanol–water partition coefficient (Wildman–Crippen LogP) is 7.33. The number of fused-ring (bicyclic) bond motifs is 1. The van der Waals surface area contributed by atoms with Gasteiger partial charge in [0.1, 0.15) is 6.61 Å². The van der Waals surface area contributed by atoms with E-state index in [4.69, 9.17) is 18.9 Å². The van der Waals surface area contributed by atoms with E-state index >= 15 is 0 Å². The first kappa shape index (κ1) is 26.5. The van der Waals surface area contributed by atoms with Crippen LogP contribution in [0.5, 0.6) is 11.5 Å². The fraction of sp³-hybridized carbons (Fsp3) is 0.118. The van der Waals surface area contributed by atoms with Crippen LogP contribution in [-0.4, -0.2) is 33.3 Å². The molecule has 0 radical (unpaired) electrons. The van der Waals surface area contributed by atoms with Gasteiger partial charge in [-0.2, -0.15) is 0 Å². The van der Waals surface area contributed by atoms with Crippen molar-refractivity contribution in [2.24, 2.45) is 0 Å². The van der Waals surface area contributed by atoms with Crippen LogP contribution in [0.2, 0.25) is 0 Å². The second kappa shape index (κ2) is 11.7. The Morgan fingerprint density at radius 2 is 1.25 bits per heavy atom. The van der Waals surface area contributed by atoms with Gasteiger partial charge in [-0.3, -0.25) is 0 Å². The Hall–Kier alpha value is -5.10. The number of benzene rings is 5. The third kappa shape index (κ3) is 5.12. The van der Waals surface area contributed by atoms with E-state index in [1.807, 2.05) is 72.8 Å². The lowest BCUT2D eigenvalue weighted by atomic mass is 9.86. The number of methoxy groups -OCH3 is 3. The predicted molar refractivity (Wildman–Crippen MR) is 155 cm³/mol. The molecule has 5 aromatic carbocycles. The molecular formula is C34H28O6. The molecule has 6 heteroatoms. The van der Waals surface area contributed by atoms with Crippen LogP contribution in [0.1, 0.15) is 26.3 Å². The molecule has 0 fully saturated rings. The Labute approximate surface area is 232 Å². The van der Waals surface area contributed by atoms with Crippen molar-refractivity contribution in [3.63, 3.8) is 0 Å². The lowest BCUT2D eigenvalue weighted by molar-refractivity contribution is 0.0462. The summed E-state index contributed by atoms with van der Waals surface area (Å²) in [7, 11) is 4.47. The van der Waals surface area contributed by atoms with Gasteiger partial charge in [-0.05, 0) is 63.4 Å². The summed E-state index contributed by atoms with van der Waals surface area (Å²) in [6.45, 7) is -0.152. The summed E-state index contributed by atoms with van der Waals surface area (Å²) in [5, 5.41) is 1.55. The number of rotatable bonds is 8. The van der Waals surface area contributed by atoms with Gasteiger partial charge >= 0.3 is 11.9 Å². The van der Waals surface area contributed by atoms with Crippen molar-refractivity contribution in [3.8, 4) is 33.8 Å². The molecule has 6 nitrogen and oxygen atoms in total. The lowest BCUT2D eigenvalue weighted by Gasteiger charge is -2.21. The Balaban J connectivity index is 1.81. The van der Waals surface area contributed by atoms with Crippen molar-refractivity contribution in [1.29, 1.82) is 0 Å². The normalized spacial score (nSPS) is 10.7. The molecule has 40 heavy (non-hydrogen) atoms. The quantitative estimate of drug-likeness (QED) is 0.195. The minimum Gasteiger partial charge on any atom is -0.493 e. The Morgan fingerprint density at radius 3 is 1.90 bits per heavy atom. The maximum Gasteiger partial charge on any atom is 0.338 e. The fourth-order valence-electron chi connectivity index (χ4n) is 4.89. The van der Waals surface area contributed by atoms with Gasteiger partial charge in [0.2, 0.25) is 0 Å². The molecule has 0 amide bonds. The van der Waals surface area contributed by atoms with Crippen molar-refractivity contribution >= 4 is 22.7 Å². The third-order valence-electron chi connectivity index (χ3n) is 6.80. The van der Waals surface area contributed by atoms with E-state index in [-0.39, 0.29) is 6.61 Å². The fourth-order valence-corrected chi connectivity index (χ4v) is 4.89. The average molecular weight is 533 g/mol. The molecule has 0 N–H and O–H groups in total. The van der Waals surface area contributed by atoms with Gasteiger partial charge in [0.25, 0.3) is 0 Å². The molecule has 0 aliphatic rings. The van der Waals surface area contributed by atoms with Crippen molar-refractivity contribution < 1.29 is 28.5 Å². The van der Waals surface area contributed by atoms with E-state index in [2.05, 4.69) is 0 Å². The molecule has 0 saturated heterocycles. The first-order valence-electron chi connectivity index (χ1n) is 12.7. The van der Waals surface area contributed by atoms with E-state index in [1.54, 1.807) is 44.6 Å². The van der Waals surface area contributed by atoms with E-state index in [1.165, 1.54) is 7.11 Å². The van der Waals surface area contributed by atoms with Gasteiger partial charge in [-0.25, -0.2) is 9.59 Å². The second-order valence-electron chi connectivity index (χ2n) is 9.05. The lowest BCUT2D eigenvalue weighted by Crippen LogP contribution is -2.12. The maximum atomic E-state index is 13.2. The number of carbonyl (C=O) groups excluding carboxylic acids is 2. The summed E-state index contributed by atoms with van der Waals surface area (Å²) in [6.07, 6.45) is 0. The summed E-state index contributed by atoms with van der Waals surface area (Å²) < 4.78 is 22.2. The highest BCUT2D eigenvalue weighted by Crippen LogP contribution is 2.44. The smallest absolute Gasteiger partial charge is 0.338 e. The Morgan fingerprint density at radius 1 is 0.650 bits per heavy atom. The highest BCUT2D eigenvalue weighted by atomic mass is 16.5. The van der Waals surface area contributed by atoms with Crippen LogP contribution in [-0.2, 0) is 16.1 Å². The average Bonchev–Trinajstić information content (AvgIpc) is 3.02. The summed E-state index contributed by atoms with van der Waals surface area (Å²) in [6, 6.07) is 32.1. The van der Waals surface area contributed by atoms with Crippen molar-refractivity contribution in [2.75, 3.05) is 21.3 Å². The zero-order valence-electron chi connectivity index (χ0n) is 22.5. The third-order valence-corrected chi connectivity index (χ3v) is 6.80. The number of hydrogen-bond acceptors (Lipinski definition) is 6. The summed E-state index contributed by atoms with van der Waals surface area (Å²) in [4.78, 5) is 26.2. The first-order valence-corrected chi connectivity index (χ1v) is 12.7. The maximum absolute atomic E-state index is 13.2. The standard InChI is InChI=1S/C34H28O6/c1-37-30-19-24-18-28(34(36)39-3)29(21-40-33(35)23-14-8-5-9-15-23)32(27(24)20-31(30)38-2)26-17-11-10-16-25(26)22-12-6-4-7-13-22/h4-20H,21H2,1-3H3. The zero-order chi connectivity index (χ0) is 28.1. The summed E-state index contributed by atoms with van der Waals surface area (Å²) >= 11 is 0. The molecule has 0 saturated carbocycles. The highest BCUT2D eigenvalue weighted by Gasteiger charge is 2.24. The second-order valence-corrected chi connectivity index (χ2v) is 9.05. The van der Waals surface area contributed by atoms with Crippen LogP contribution >= 0.6 is 0 Å². The topological polar surface area (TPSA) is 71.1 Å². The Kier molecular flexibility index (Phi) is 7.78. The molecule has 5 rings (SSSR count). The van der Waals surface area contributed by atoms with Crippen LogP contribution in [0.25, 0.3) is 33.0 Å². The van der Waals surface area contributed by atoms with Crippen molar-refractivity contribution in [3.05, 3.63) is 120 Å². The Bertz CT molecular complexity index is 1680. The van der Waals surface area contributed by atoms with E-state index in [0.29, 0.717) is 28.2 Å². The van der Waals surface area contributed by atoms with E-state index in [0.717, 1.165) is 33.0 Å². The van der Waals surface area contributed by atoms with Crippen molar-refractivity contribution in [2.45, 2.75) is 6.61 Å². The SMILES string of the molecule is COC(=O)c1cc2cc(OC)c(OC)cc2c(-c2ccccc2-c2ccccc2)c1COC(=O)c1ccccc1. The summed E-state index contributed by atoms with van der Waals surface area (Å²) in [5.74, 6) is 0.0230. The molecule has 0 atom stereocenters. The molecule has 0 aliphatic heterocycles.